The van der Waals surface area contributed by atoms with Crippen LogP contribution < -0.4 is 0 Å². The molecular formula is C35H22IrN2OS-2. The van der Waals surface area contributed by atoms with E-state index in [1.54, 1.807) is 17.5 Å². The normalized spacial score (nSPS) is 10.9. The minimum atomic E-state index is 0. The van der Waals surface area contributed by atoms with E-state index in [1.807, 2.05) is 54.7 Å². The van der Waals surface area contributed by atoms with Crippen LogP contribution in [0.15, 0.2) is 120 Å². The summed E-state index contributed by atoms with van der Waals surface area (Å²) in [6.45, 7) is 2.08. The molecule has 1 radical (unpaired) electrons. The number of thiophene rings is 1. The predicted octanol–water partition coefficient (Wildman–Crippen LogP) is 9.67. The van der Waals surface area contributed by atoms with E-state index >= 15 is 0 Å². The number of furan rings is 1. The van der Waals surface area contributed by atoms with Gasteiger partial charge in [0.05, 0.1) is 10.3 Å². The third kappa shape index (κ3) is 4.84. The number of benzene rings is 4. The van der Waals surface area contributed by atoms with Gasteiger partial charge in [0.2, 0.25) is 0 Å². The van der Waals surface area contributed by atoms with E-state index in [-0.39, 0.29) is 20.1 Å². The molecule has 8 rings (SSSR count). The molecule has 195 valence electrons. The van der Waals surface area contributed by atoms with Gasteiger partial charge in [-0.2, -0.15) is 0 Å². The molecule has 4 heterocycles. The molecule has 0 saturated heterocycles. The quantitative estimate of drug-likeness (QED) is 0.168. The van der Waals surface area contributed by atoms with Gasteiger partial charge < -0.3 is 14.4 Å². The molecule has 3 nitrogen and oxygen atoms in total. The van der Waals surface area contributed by atoms with Crippen LogP contribution in [0.2, 0.25) is 0 Å². The fourth-order valence-corrected chi connectivity index (χ4v) is 5.94. The second kappa shape index (κ2) is 11.1. The first-order valence-electron chi connectivity index (χ1n) is 12.7. The molecule has 5 heteroatoms. The van der Waals surface area contributed by atoms with Gasteiger partial charge in [0.15, 0.2) is 0 Å². The van der Waals surface area contributed by atoms with Gasteiger partial charge in [-0.05, 0) is 52.8 Å². The average Bonchev–Trinajstić information content (AvgIpc) is 3.56. The minimum absolute atomic E-state index is 0. The Morgan fingerprint density at radius 2 is 1.55 bits per heavy atom. The fourth-order valence-electron chi connectivity index (χ4n) is 4.88. The second-order valence-electron chi connectivity index (χ2n) is 9.35. The van der Waals surface area contributed by atoms with Crippen molar-refractivity contribution < 1.29 is 24.5 Å². The summed E-state index contributed by atoms with van der Waals surface area (Å²) in [6.07, 6.45) is 3.75. The van der Waals surface area contributed by atoms with Gasteiger partial charge >= 0.3 is 0 Å². The molecule has 0 bridgehead atoms. The monoisotopic (exact) mass is 711 g/mol. The maximum atomic E-state index is 6.23. The van der Waals surface area contributed by atoms with Crippen LogP contribution in [0.4, 0.5) is 0 Å². The molecule has 8 aromatic rings. The van der Waals surface area contributed by atoms with Crippen LogP contribution in [0.3, 0.4) is 0 Å². The molecule has 0 spiro atoms. The Labute approximate surface area is 249 Å². The third-order valence-electron chi connectivity index (χ3n) is 6.76. The molecular weight excluding hydrogens is 689 g/mol. The first kappa shape index (κ1) is 26.1. The fraction of sp³-hybridized carbons (Fsp3) is 0.0286. The zero-order chi connectivity index (χ0) is 26.2. The Kier molecular flexibility index (Phi) is 7.27. The zero-order valence-electron chi connectivity index (χ0n) is 21.5. The van der Waals surface area contributed by atoms with E-state index in [9.17, 15) is 0 Å². The van der Waals surface area contributed by atoms with Crippen molar-refractivity contribution in [3.63, 3.8) is 0 Å². The van der Waals surface area contributed by atoms with Crippen LogP contribution in [-0.2, 0) is 20.1 Å². The van der Waals surface area contributed by atoms with Gasteiger partial charge in [-0.1, -0.05) is 59.5 Å². The molecule has 0 aliphatic rings. The van der Waals surface area contributed by atoms with Crippen LogP contribution in [-0.4, -0.2) is 9.97 Å². The smallest absolute Gasteiger partial charge is 0.121 e. The largest absolute Gasteiger partial charge is 0.501 e. The maximum absolute atomic E-state index is 6.23. The first-order chi connectivity index (χ1) is 19.2. The average molecular weight is 711 g/mol. The first-order valence-corrected chi connectivity index (χ1v) is 13.6. The van der Waals surface area contributed by atoms with Crippen molar-refractivity contribution in [2.24, 2.45) is 0 Å². The second-order valence-corrected chi connectivity index (χ2v) is 10.4. The number of fused-ring (bicyclic) bond motifs is 6. The molecule has 0 unspecified atom stereocenters. The zero-order valence-corrected chi connectivity index (χ0v) is 24.7. The summed E-state index contributed by atoms with van der Waals surface area (Å²) >= 11 is 1.78. The van der Waals surface area contributed by atoms with Gasteiger partial charge in [0, 0.05) is 42.6 Å². The van der Waals surface area contributed by atoms with Gasteiger partial charge in [-0.15, -0.1) is 65.4 Å². The van der Waals surface area contributed by atoms with E-state index in [0.717, 1.165) is 44.5 Å². The number of rotatable bonds is 2. The molecule has 0 atom stereocenters. The number of hydrogen-bond acceptors (Lipinski definition) is 4. The van der Waals surface area contributed by atoms with Gasteiger partial charge in [0.1, 0.15) is 5.58 Å². The Hall–Kier alpha value is -4.15. The van der Waals surface area contributed by atoms with Crippen molar-refractivity contribution in [2.75, 3.05) is 0 Å². The van der Waals surface area contributed by atoms with Crippen LogP contribution in [0, 0.1) is 19.1 Å². The summed E-state index contributed by atoms with van der Waals surface area (Å²) in [5.74, 6) is 0. The predicted molar refractivity (Wildman–Crippen MR) is 162 cm³/mol. The van der Waals surface area contributed by atoms with Crippen LogP contribution >= 0.6 is 11.3 Å². The van der Waals surface area contributed by atoms with Crippen LogP contribution in [0.25, 0.3) is 64.6 Å². The molecule has 0 fully saturated rings. The van der Waals surface area contributed by atoms with Crippen molar-refractivity contribution in [3.8, 4) is 22.5 Å². The Bertz CT molecular complexity index is 2040. The van der Waals surface area contributed by atoms with Crippen molar-refractivity contribution >= 4 is 53.4 Å². The van der Waals surface area contributed by atoms with Gasteiger partial charge in [-0.25, -0.2) is 0 Å². The molecule has 0 aliphatic heterocycles. The van der Waals surface area contributed by atoms with Crippen molar-refractivity contribution in [1.82, 2.24) is 9.97 Å². The maximum Gasteiger partial charge on any atom is 0.121 e. The minimum Gasteiger partial charge on any atom is -0.501 e. The molecule has 4 aromatic carbocycles. The summed E-state index contributed by atoms with van der Waals surface area (Å²) in [5, 5.41) is 4.75. The number of aryl methyl sites for hydroxylation is 1. The van der Waals surface area contributed by atoms with E-state index < -0.39 is 0 Å². The Balaban J connectivity index is 0.000000188. The number of hydrogen-bond donors (Lipinski definition) is 0. The molecule has 40 heavy (non-hydrogen) atoms. The summed E-state index contributed by atoms with van der Waals surface area (Å²) in [5.41, 5.74) is 6.77. The molecule has 0 N–H and O–H groups in total. The third-order valence-corrected chi connectivity index (χ3v) is 7.88. The summed E-state index contributed by atoms with van der Waals surface area (Å²) < 4.78 is 8.72. The molecule has 4 aromatic heterocycles. The van der Waals surface area contributed by atoms with E-state index in [0.29, 0.717) is 0 Å². The number of nitrogens with zero attached hydrogens (tertiary/aromatic N) is 2. The number of aromatic nitrogens is 2. The molecule has 0 saturated carbocycles. The van der Waals surface area contributed by atoms with Crippen molar-refractivity contribution in [3.05, 3.63) is 133 Å². The Morgan fingerprint density at radius 3 is 2.40 bits per heavy atom. The SMILES string of the molecule is Cc1ccc2c(c1)oc1c(-c3cc4c(cn3)sc3ccccc34)[c-]ccc12.[Ir].[c-]1ccccc1-c1ccccn1. The Morgan fingerprint density at radius 1 is 0.675 bits per heavy atom. The van der Waals surface area contributed by atoms with Crippen molar-refractivity contribution in [1.29, 1.82) is 0 Å². The summed E-state index contributed by atoms with van der Waals surface area (Å²) in [6, 6.07) is 41.2. The van der Waals surface area contributed by atoms with E-state index in [4.69, 9.17) is 9.40 Å². The summed E-state index contributed by atoms with van der Waals surface area (Å²) in [4.78, 5) is 8.95. The van der Waals surface area contributed by atoms with Crippen molar-refractivity contribution in [2.45, 2.75) is 6.92 Å². The number of pyridine rings is 2. The standard InChI is InChI=1S/C24H14NOS.C11H8N.Ir/c1-14-9-10-15-17-6-4-7-18(24(17)26-21(15)11-14)20-12-19-16-5-2-3-8-22(16)27-23(19)13-25-20;1-2-6-10(7-3-1)11-8-4-5-9-12-11;/h2-6,8-13H,1H3;1-6,8-9H;/q2*-1;. The molecule has 0 amide bonds. The van der Waals surface area contributed by atoms with Gasteiger partial charge in [-0.3, -0.25) is 0 Å². The van der Waals surface area contributed by atoms with E-state index in [1.165, 1.54) is 25.7 Å². The van der Waals surface area contributed by atoms with Gasteiger partial charge in [0.25, 0.3) is 0 Å². The topological polar surface area (TPSA) is 38.9 Å². The van der Waals surface area contributed by atoms with E-state index in [2.05, 4.69) is 78.6 Å². The van der Waals surface area contributed by atoms with Crippen LogP contribution in [0.5, 0.6) is 0 Å². The van der Waals surface area contributed by atoms with Crippen LogP contribution in [0.1, 0.15) is 5.56 Å². The summed E-state index contributed by atoms with van der Waals surface area (Å²) in [7, 11) is 0. The molecule has 0 aliphatic carbocycles.